The van der Waals surface area contributed by atoms with Gasteiger partial charge in [-0.2, -0.15) is 0 Å². The molecule has 0 aliphatic rings. The number of hydrogen-bond donors (Lipinski definition) is 1. The number of methoxy groups -OCH3 is 1. The van der Waals surface area contributed by atoms with Crippen molar-refractivity contribution in [1.82, 2.24) is 9.97 Å². The number of benzene rings is 2. The lowest BCUT2D eigenvalue weighted by Gasteiger charge is -2.17. The Bertz CT molecular complexity index is 881. The third kappa shape index (κ3) is 3.94. The summed E-state index contributed by atoms with van der Waals surface area (Å²) in [7, 11) is 1.51. The average molecular weight is 419 g/mol. The van der Waals surface area contributed by atoms with Gasteiger partial charge in [-0.1, -0.05) is 41.4 Å². The minimum absolute atomic E-state index is 0. The van der Waals surface area contributed by atoms with Gasteiger partial charge in [0.05, 0.1) is 40.3 Å². The molecule has 0 saturated heterocycles. The first-order valence-electron chi connectivity index (χ1n) is 7.15. The molecule has 1 atom stereocenters. The first-order valence-corrected chi connectivity index (χ1v) is 8.44. The van der Waals surface area contributed by atoms with Crippen LogP contribution >= 0.6 is 47.2 Å². The van der Waals surface area contributed by atoms with Crippen molar-refractivity contribution in [2.24, 2.45) is 5.73 Å². The highest BCUT2D eigenvalue weighted by molar-refractivity contribution is 6.37. The Balaban J connectivity index is 0.00000225. The molecule has 1 heterocycles. The highest BCUT2D eigenvalue weighted by Crippen LogP contribution is 2.37. The Kier molecular flexibility index (Phi) is 6.72. The van der Waals surface area contributed by atoms with Crippen molar-refractivity contribution in [2.45, 2.75) is 11.9 Å². The standard InChI is InChI=1S/C17H14Cl3N3O.ClH/c1-24-17-11(19)6-9(7-12(17)20)15(21)16-10-4-2-3-5-13(10)22-14(8-18)23-16;/h2-7,15H,8,21H2,1H3;1H. The molecule has 0 fully saturated rings. The van der Waals surface area contributed by atoms with Crippen molar-refractivity contribution >= 4 is 58.1 Å². The van der Waals surface area contributed by atoms with E-state index >= 15 is 0 Å². The summed E-state index contributed by atoms with van der Waals surface area (Å²) < 4.78 is 5.18. The molecule has 0 aliphatic carbocycles. The number of para-hydroxylation sites is 1. The quantitative estimate of drug-likeness (QED) is 0.594. The number of rotatable bonds is 4. The molecule has 132 valence electrons. The number of nitrogens with zero attached hydrogens (tertiary/aromatic N) is 2. The molecule has 0 spiro atoms. The number of halogens is 4. The van der Waals surface area contributed by atoms with Crippen molar-refractivity contribution < 1.29 is 4.74 Å². The van der Waals surface area contributed by atoms with Gasteiger partial charge in [0.25, 0.3) is 0 Å². The highest BCUT2D eigenvalue weighted by atomic mass is 35.5. The second-order valence-corrected chi connectivity index (χ2v) is 6.25. The Morgan fingerprint density at radius 2 is 1.76 bits per heavy atom. The molecule has 4 nitrogen and oxygen atoms in total. The van der Waals surface area contributed by atoms with E-state index in [4.69, 9.17) is 45.3 Å². The lowest BCUT2D eigenvalue weighted by molar-refractivity contribution is 0.415. The van der Waals surface area contributed by atoms with Crippen LogP contribution in [-0.4, -0.2) is 17.1 Å². The first kappa shape index (κ1) is 20.0. The summed E-state index contributed by atoms with van der Waals surface area (Å²) in [5.41, 5.74) is 8.64. The molecule has 8 heteroatoms. The van der Waals surface area contributed by atoms with Gasteiger partial charge < -0.3 is 10.5 Å². The molecule has 3 rings (SSSR count). The normalized spacial score (nSPS) is 11.9. The highest BCUT2D eigenvalue weighted by Gasteiger charge is 2.19. The molecule has 0 bridgehead atoms. The van der Waals surface area contributed by atoms with Crippen LogP contribution in [0.3, 0.4) is 0 Å². The van der Waals surface area contributed by atoms with Crippen LogP contribution in [0.15, 0.2) is 36.4 Å². The molecule has 1 unspecified atom stereocenters. The van der Waals surface area contributed by atoms with Gasteiger partial charge in [0.15, 0.2) is 5.75 Å². The summed E-state index contributed by atoms with van der Waals surface area (Å²) in [4.78, 5) is 8.93. The number of fused-ring (bicyclic) bond motifs is 1. The SMILES string of the molecule is COc1c(Cl)cc(C(N)c2nc(CCl)nc3ccccc23)cc1Cl.Cl. The Labute approximate surface area is 166 Å². The van der Waals surface area contributed by atoms with E-state index in [1.165, 1.54) is 7.11 Å². The van der Waals surface area contributed by atoms with E-state index in [0.717, 1.165) is 16.5 Å². The van der Waals surface area contributed by atoms with Crippen molar-refractivity contribution in [3.63, 3.8) is 0 Å². The third-order valence-electron chi connectivity index (χ3n) is 3.68. The molecule has 0 radical (unpaired) electrons. The van der Waals surface area contributed by atoms with Crippen LogP contribution in [0, 0.1) is 0 Å². The van der Waals surface area contributed by atoms with Crippen LogP contribution in [0.1, 0.15) is 23.1 Å². The third-order valence-corrected chi connectivity index (χ3v) is 4.48. The number of ether oxygens (including phenoxy) is 1. The van der Waals surface area contributed by atoms with Gasteiger partial charge in [-0.15, -0.1) is 24.0 Å². The van der Waals surface area contributed by atoms with Crippen molar-refractivity contribution in [1.29, 1.82) is 0 Å². The molecular weight excluding hydrogens is 404 g/mol. The molecule has 0 aliphatic heterocycles. The minimum atomic E-state index is -0.527. The van der Waals surface area contributed by atoms with E-state index in [-0.39, 0.29) is 18.3 Å². The monoisotopic (exact) mass is 417 g/mol. The molecule has 2 aromatic carbocycles. The molecule has 0 saturated carbocycles. The van der Waals surface area contributed by atoms with Crippen LogP contribution in [0.4, 0.5) is 0 Å². The van der Waals surface area contributed by atoms with Gasteiger partial charge in [-0.3, -0.25) is 0 Å². The zero-order chi connectivity index (χ0) is 17.3. The lowest BCUT2D eigenvalue weighted by atomic mass is 10.0. The van der Waals surface area contributed by atoms with Crippen molar-refractivity contribution in [3.05, 3.63) is 63.5 Å². The summed E-state index contributed by atoms with van der Waals surface area (Å²) in [5, 5.41) is 1.65. The number of alkyl halides is 1. The van der Waals surface area contributed by atoms with Crippen LogP contribution in [0.5, 0.6) is 5.75 Å². The molecule has 2 N–H and O–H groups in total. The summed E-state index contributed by atoms with van der Waals surface area (Å²) >= 11 is 18.4. The average Bonchev–Trinajstić information content (AvgIpc) is 2.59. The van der Waals surface area contributed by atoms with Gasteiger partial charge in [-0.25, -0.2) is 9.97 Å². The van der Waals surface area contributed by atoms with Gasteiger partial charge in [-0.05, 0) is 23.8 Å². The van der Waals surface area contributed by atoms with Gasteiger partial charge >= 0.3 is 0 Å². The Hall–Kier alpha value is -1.30. The fourth-order valence-corrected chi connectivity index (χ4v) is 3.34. The zero-order valence-corrected chi connectivity index (χ0v) is 16.3. The second kappa shape index (κ2) is 8.39. The summed E-state index contributed by atoms with van der Waals surface area (Å²) in [6.45, 7) is 0. The summed E-state index contributed by atoms with van der Waals surface area (Å²) in [5.74, 6) is 1.14. The molecule has 0 amide bonds. The van der Waals surface area contributed by atoms with Gasteiger partial charge in [0.1, 0.15) is 5.82 Å². The van der Waals surface area contributed by atoms with E-state index in [1.54, 1.807) is 12.1 Å². The zero-order valence-electron chi connectivity index (χ0n) is 13.2. The second-order valence-electron chi connectivity index (χ2n) is 5.17. The molecule has 1 aromatic heterocycles. The maximum Gasteiger partial charge on any atom is 0.156 e. The molecular formula is C17H15Cl4N3O. The van der Waals surface area contributed by atoms with Crippen LogP contribution in [-0.2, 0) is 5.88 Å². The fraction of sp³-hybridized carbons (Fsp3) is 0.176. The maximum atomic E-state index is 6.44. The smallest absolute Gasteiger partial charge is 0.156 e. The predicted octanol–water partition coefficient (Wildman–Crippen LogP) is 5.15. The molecule has 3 aromatic rings. The Morgan fingerprint density at radius 3 is 2.36 bits per heavy atom. The number of nitrogens with two attached hydrogens (primary N) is 1. The van der Waals surface area contributed by atoms with E-state index in [9.17, 15) is 0 Å². The lowest BCUT2D eigenvalue weighted by Crippen LogP contribution is -2.16. The van der Waals surface area contributed by atoms with E-state index in [2.05, 4.69) is 9.97 Å². The first-order chi connectivity index (χ1) is 11.5. The van der Waals surface area contributed by atoms with E-state index < -0.39 is 6.04 Å². The topological polar surface area (TPSA) is 61.0 Å². The predicted molar refractivity (Wildman–Crippen MR) is 105 cm³/mol. The minimum Gasteiger partial charge on any atom is -0.494 e. The molecule has 25 heavy (non-hydrogen) atoms. The van der Waals surface area contributed by atoms with Crippen LogP contribution < -0.4 is 10.5 Å². The van der Waals surface area contributed by atoms with Crippen LogP contribution in [0.25, 0.3) is 10.9 Å². The number of aromatic nitrogens is 2. The van der Waals surface area contributed by atoms with Gasteiger partial charge in [0, 0.05) is 5.39 Å². The van der Waals surface area contributed by atoms with E-state index in [1.807, 2.05) is 24.3 Å². The van der Waals surface area contributed by atoms with E-state index in [0.29, 0.717) is 27.3 Å². The summed E-state index contributed by atoms with van der Waals surface area (Å²) in [6.07, 6.45) is 0. The summed E-state index contributed by atoms with van der Waals surface area (Å²) in [6, 6.07) is 10.6. The number of hydrogen-bond acceptors (Lipinski definition) is 4. The largest absolute Gasteiger partial charge is 0.494 e. The fourth-order valence-electron chi connectivity index (χ4n) is 2.56. The van der Waals surface area contributed by atoms with Crippen molar-refractivity contribution in [3.8, 4) is 5.75 Å². The Morgan fingerprint density at radius 1 is 1.12 bits per heavy atom. The van der Waals surface area contributed by atoms with Crippen molar-refractivity contribution in [2.75, 3.05) is 7.11 Å². The maximum absolute atomic E-state index is 6.44. The van der Waals surface area contributed by atoms with Gasteiger partial charge in [0.2, 0.25) is 0 Å². The van der Waals surface area contributed by atoms with Crippen LogP contribution in [0.2, 0.25) is 10.0 Å².